The molecule has 2 atom stereocenters. The molecule has 2 aromatic rings. The van der Waals surface area contributed by atoms with Crippen LogP contribution in [0.15, 0.2) is 42.7 Å². The smallest absolute Gasteiger partial charge is 0.231 e. The number of hydrogen-bond donors (Lipinski definition) is 2. The molecule has 6 heteroatoms. The summed E-state index contributed by atoms with van der Waals surface area (Å²) >= 11 is 0. The van der Waals surface area contributed by atoms with Crippen molar-refractivity contribution in [2.45, 2.75) is 25.7 Å². The van der Waals surface area contributed by atoms with Crippen molar-refractivity contribution in [3.8, 4) is 11.5 Å². The van der Waals surface area contributed by atoms with Gasteiger partial charge in [0.05, 0.1) is 19.3 Å². The van der Waals surface area contributed by atoms with Gasteiger partial charge in [-0.2, -0.15) is 0 Å². The van der Waals surface area contributed by atoms with Gasteiger partial charge in [0.25, 0.3) is 0 Å². The molecule has 1 aromatic heterocycles. The van der Waals surface area contributed by atoms with Gasteiger partial charge in [0, 0.05) is 25.0 Å². The van der Waals surface area contributed by atoms with Gasteiger partial charge in [0.1, 0.15) is 0 Å². The summed E-state index contributed by atoms with van der Waals surface area (Å²) < 4.78 is 16.2. The van der Waals surface area contributed by atoms with Crippen LogP contribution in [0.4, 0.5) is 0 Å². The van der Waals surface area contributed by atoms with Crippen LogP contribution in [0.5, 0.6) is 11.5 Å². The molecule has 0 fully saturated rings. The normalized spacial score (nSPS) is 15.2. The highest BCUT2D eigenvalue weighted by molar-refractivity contribution is 5.44. The van der Waals surface area contributed by atoms with Gasteiger partial charge in [0.2, 0.25) is 6.79 Å². The maximum atomic E-state index is 10.0. The summed E-state index contributed by atoms with van der Waals surface area (Å²) in [6.07, 6.45) is 2.96. The molecule has 0 aliphatic carbocycles. The Bertz CT molecular complexity index is 651. The highest BCUT2D eigenvalue weighted by atomic mass is 16.7. The average molecular weight is 330 g/mol. The van der Waals surface area contributed by atoms with Crippen molar-refractivity contribution in [2.24, 2.45) is 0 Å². The van der Waals surface area contributed by atoms with Gasteiger partial charge in [-0.1, -0.05) is 6.07 Å². The van der Waals surface area contributed by atoms with E-state index in [0.717, 1.165) is 22.6 Å². The van der Waals surface area contributed by atoms with Gasteiger partial charge < -0.3 is 24.6 Å². The first-order chi connectivity index (χ1) is 11.7. The predicted octanol–water partition coefficient (Wildman–Crippen LogP) is 2.04. The van der Waals surface area contributed by atoms with E-state index >= 15 is 0 Å². The Morgan fingerprint density at radius 3 is 2.83 bits per heavy atom. The van der Waals surface area contributed by atoms with Crippen molar-refractivity contribution in [1.82, 2.24) is 10.3 Å². The second kappa shape index (κ2) is 8.10. The number of pyridine rings is 1. The maximum absolute atomic E-state index is 10.0. The lowest BCUT2D eigenvalue weighted by Crippen LogP contribution is -2.32. The number of aromatic nitrogens is 1. The number of aliphatic hydroxyl groups excluding tert-OH is 1. The van der Waals surface area contributed by atoms with Crippen LogP contribution < -0.4 is 14.8 Å². The molecular weight excluding hydrogens is 308 g/mol. The molecule has 0 radical (unpaired) electrons. The van der Waals surface area contributed by atoms with Crippen molar-refractivity contribution < 1.29 is 19.3 Å². The Balaban J connectivity index is 1.37. The standard InChI is InChI=1S/C18H22N2O4/c1-13(15-4-6-19-7-5-15)20-9-16(21)11-22-10-14-2-3-17-18(8-14)24-12-23-17/h2-8,13,16,20-21H,9-12H2,1H3/t13-,16-/m0/s1. The Hall–Kier alpha value is -2.15. The molecule has 3 rings (SSSR count). The zero-order valence-electron chi connectivity index (χ0n) is 13.6. The summed E-state index contributed by atoms with van der Waals surface area (Å²) in [4.78, 5) is 4.00. The SMILES string of the molecule is C[C@H](NC[C@H](O)COCc1ccc2c(c1)OCO2)c1ccncc1. The minimum Gasteiger partial charge on any atom is -0.454 e. The lowest BCUT2D eigenvalue weighted by Gasteiger charge is -2.17. The van der Waals surface area contributed by atoms with E-state index in [-0.39, 0.29) is 19.4 Å². The van der Waals surface area contributed by atoms with Gasteiger partial charge in [-0.25, -0.2) is 0 Å². The van der Waals surface area contributed by atoms with Crippen molar-refractivity contribution in [3.05, 3.63) is 53.9 Å². The van der Waals surface area contributed by atoms with Crippen LogP contribution in [0, 0.1) is 0 Å². The molecule has 0 unspecified atom stereocenters. The highest BCUT2D eigenvalue weighted by Crippen LogP contribution is 2.32. The first-order valence-corrected chi connectivity index (χ1v) is 8.00. The van der Waals surface area contributed by atoms with Crippen LogP contribution in [0.25, 0.3) is 0 Å². The molecule has 0 bridgehead atoms. The molecule has 128 valence electrons. The number of hydrogen-bond acceptors (Lipinski definition) is 6. The van der Waals surface area contributed by atoms with E-state index in [1.165, 1.54) is 0 Å². The van der Waals surface area contributed by atoms with Gasteiger partial charge in [0.15, 0.2) is 11.5 Å². The van der Waals surface area contributed by atoms with Gasteiger partial charge in [-0.3, -0.25) is 4.98 Å². The first kappa shape index (κ1) is 16.7. The minimum absolute atomic E-state index is 0.150. The molecule has 0 amide bonds. The molecular formula is C18H22N2O4. The van der Waals surface area contributed by atoms with Crippen LogP contribution in [0.3, 0.4) is 0 Å². The van der Waals surface area contributed by atoms with Crippen LogP contribution in [-0.4, -0.2) is 36.1 Å². The van der Waals surface area contributed by atoms with Gasteiger partial charge >= 0.3 is 0 Å². The number of nitrogens with one attached hydrogen (secondary N) is 1. The monoisotopic (exact) mass is 330 g/mol. The van der Waals surface area contributed by atoms with Crippen LogP contribution in [0.1, 0.15) is 24.1 Å². The number of fused-ring (bicyclic) bond motifs is 1. The summed E-state index contributed by atoms with van der Waals surface area (Å²) in [6, 6.07) is 9.77. The second-order valence-corrected chi connectivity index (χ2v) is 5.77. The largest absolute Gasteiger partial charge is 0.454 e. The molecule has 0 saturated carbocycles. The predicted molar refractivity (Wildman–Crippen MR) is 88.9 cm³/mol. The van der Waals surface area contributed by atoms with Crippen molar-refractivity contribution in [1.29, 1.82) is 0 Å². The zero-order chi connectivity index (χ0) is 16.8. The first-order valence-electron chi connectivity index (χ1n) is 8.00. The van der Waals surface area contributed by atoms with Crippen LogP contribution in [-0.2, 0) is 11.3 Å². The number of benzene rings is 1. The third kappa shape index (κ3) is 4.44. The molecule has 0 saturated heterocycles. The fourth-order valence-electron chi connectivity index (χ4n) is 2.49. The average Bonchev–Trinajstić information content (AvgIpc) is 3.08. The number of rotatable bonds is 8. The van der Waals surface area contributed by atoms with E-state index in [1.54, 1.807) is 12.4 Å². The Kier molecular flexibility index (Phi) is 5.63. The lowest BCUT2D eigenvalue weighted by molar-refractivity contribution is 0.0278. The summed E-state index contributed by atoms with van der Waals surface area (Å²) in [5, 5.41) is 13.3. The molecule has 2 N–H and O–H groups in total. The molecule has 6 nitrogen and oxygen atoms in total. The van der Waals surface area contributed by atoms with E-state index in [9.17, 15) is 5.11 Å². The van der Waals surface area contributed by atoms with Crippen LogP contribution in [0.2, 0.25) is 0 Å². The summed E-state index contributed by atoms with van der Waals surface area (Å²) in [5.41, 5.74) is 2.13. The Morgan fingerprint density at radius 1 is 1.21 bits per heavy atom. The number of nitrogens with zero attached hydrogens (tertiary/aromatic N) is 1. The van der Waals surface area contributed by atoms with Crippen molar-refractivity contribution >= 4 is 0 Å². The summed E-state index contributed by atoms with van der Waals surface area (Å²) in [7, 11) is 0. The molecule has 2 heterocycles. The van der Waals surface area contributed by atoms with E-state index < -0.39 is 6.10 Å². The second-order valence-electron chi connectivity index (χ2n) is 5.77. The Labute approximate surface area is 141 Å². The van der Waals surface area contributed by atoms with E-state index in [0.29, 0.717) is 13.2 Å². The lowest BCUT2D eigenvalue weighted by atomic mass is 10.1. The molecule has 1 aromatic carbocycles. The van der Waals surface area contributed by atoms with E-state index in [4.69, 9.17) is 14.2 Å². The van der Waals surface area contributed by atoms with Crippen molar-refractivity contribution in [3.63, 3.8) is 0 Å². The van der Waals surface area contributed by atoms with Crippen LogP contribution >= 0.6 is 0 Å². The molecule has 1 aliphatic heterocycles. The summed E-state index contributed by atoms with van der Waals surface area (Å²) in [6.45, 7) is 3.47. The Morgan fingerprint density at radius 2 is 2.00 bits per heavy atom. The summed E-state index contributed by atoms with van der Waals surface area (Å²) in [5.74, 6) is 1.50. The topological polar surface area (TPSA) is 72.8 Å². The van der Waals surface area contributed by atoms with Gasteiger partial charge in [-0.05, 0) is 42.3 Å². The van der Waals surface area contributed by atoms with E-state index in [1.807, 2.05) is 30.3 Å². The number of aliphatic hydroxyl groups is 1. The maximum Gasteiger partial charge on any atom is 0.231 e. The third-order valence-corrected chi connectivity index (χ3v) is 3.88. The minimum atomic E-state index is -0.566. The fourth-order valence-corrected chi connectivity index (χ4v) is 2.49. The van der Waals surface area contributed by atoms with E-state index in [2.05, 4.69) is 17.2 Å². The fraction of sp³-hybridized carbons (Fsp3) is 0.389. The quantitative estimate of drug-likeness (QED) is 0.772. The van der Waals surface area contributed by atoms with Crippen molar-refractivity contribution in [2.75, 3.05) is 19.9 Å². The number of ether oxygens (including phenoxy) is 3. The third-order valence-electron chi connectivity index (χ3n) is 3.88. The molecule has 0 spiro atoms. The molecule has 24 heavy (non-hydrogen) atoms. The van der Waals surface area contributed by atoms with Gasteiger partial charge in [-0.15, -0.1) is 0 Å². The highest BCUT2D eigenvalue weighted by Gasteiger charge is 2.13. The zero-order valence-corrected chi connectivity index (χ0v) is 13.6. The molecule has 1 aliphatic rings.